The van der Waals surface area contributed by atoms with Crippen LogP contribution in [0.25, 0.3) is 11.0 Å². The third-order valence-electron chi connectivity index (χ3n) is 6.10. The quantitative estimate of drug-likeness (QED) is 0.570. The Balaban J connectivity index is 1.43. The van der Waals surface area contributed by atoms with Gasteiger partial charge in [-0.1, -0.05) is 19.1 Å². The number of ether oxygens (including phenoxy) is 2. The van der Waals surface area contributed by atoms with Crippen molar-refractivity contribution in [3.8, 4) is 11.5 Å². The normalized spacial score (nSPS) is 15.1. The van der Waals surface area contributed by atoms with Crippen molar-refractivity contribution in [2.75, 3.05) is 32.1 Å². The van der Waals surface area contributed by atoms with Crippen molar-refractivity contribution in [1.29, 1.82) is 0 Å². The Morgan fingerprint density at radius 2 is 1.91 bits per heavy atom. The molecule has 2 aromatic carbocycles. The van der Waals surface area contributed by atoms with E-state index in [2.05, 4.69) is 28.6 Å². The molecule has 0 spiro atoms. The van der Waals surface area contributed by atoms with E-state index in [1.165, 1.54) is 12.8 Å². The van der Waals surface area contributed by atoms with Crippen LogP contribution in [0.3, 0.4) is 0 Å². The molecule has 0 radical (unpaired) electrons. The zero-order valence-corrected chi connectivity index (χ0v) is 19.1. The molecule has 1 aromatic heterocycles. The van der Waals surface area contributed by atoms with Gasteiger partial charge in [0, 0.05) is 12.2 Å². The summed E-state index contributed by atoms with van der Waals surface area (Å²) in [4.78, 5) is 19.8. The van der Waals surface area contributed by atoms with Crippen LogP contribution < -0.4 is 14.8 Å². The number of anilines is 1. The molecule has 1 amide bonds. The smallest absolute Gasteiger partial charge is 0.262 e. The monoisotopic (exact) mass is 436 g/mol. The Kier molecular flexibility index (Phi) is 6.95. The Bertz CT molecular complexity index is 1070. The molecule has 4 rings (SSSR count). The molecule has 170 valence electrons. The average Bonchev–Trinajstić information content (AvgIpc) is 3.15. The van der Waals surface area contributed by atoms with E-state index < -0.39 is 0 Å². The lowest BCUT2D eigenvalue weighted by molar-refractivity contribution is -0.118. The number of methoxy groups -OCH3 is 1. The number of likely N-dealkylation sites (tertiary alicyclic amines) is 1. The number of para-hydroxylation sites is 2. The largest absolute Gasteiger partial charge is 0.493 e. The summed E-state index contributed by atoms with van der Waals surface area (Å²) in [5.74, 6) is 2.81. The van der Waals surface area contributed by atoms with Crippen molar-refractivity contribution in [2.24, 2.45) is 5.92 Å². The van der Waals surface area contributed by atoms with Gasteiger partial charge in [-0.05, 0) is 69.1 Å². The molecule has 7 nitrogen and oxygen atoms in total. The number of piperidine rings is 1. The van der Waals surface area contributed by atoms with E-state index in [0.29, 0.717) is 17.2 Å². The minimum absolute atomic E-state index is 0.0968. The molecule has 0 bridgehead atoms. The number of rotatable bonds is 8. The predicted octanol–water partition coefficient (Wildman–Crippen LogP) is 4.31. The van der Waals surface area contributed by atoms with Gasteiger partial charge in [-0.3, -0.25) is 9.69 Å². The summed E-state index contributed by atoms with van der Waals surface area (Å²) in [6, 6.07) is 13.2. The number of amides is 1. The maximum Gasteiger partial charge on any atom is 0.262 e. The summed E-state index contributed by atoms with van der Waals surface area (Å²) in [7, 11) is 1.58. The van der Waals surface area contributed by atoms with Gasteiger partial charge in [-0.25, -0.2) is 4.98 Å². The van der Waals surface area contributed by atoms with Gasteiger partial charge < -0.3 is 19.4 Å². The zero-order chi connectivity index (χ0) is 22.5. The summed E-state index contributed by atoms with van der Waals surface area (Å²) in [5, 5.41) is 2.91. The minimum atomic E-state index is -0.229. The second-order valence-corrected chi connectivity index (χ2v) is 8.42. The first-order chi connectivity index (χ1) is 15.6. The lowest BCUT2D eigenvalue weighted by Gasteiger charge is -2.29. The number of nitrogens with one attached hydrogen (secondary N) is 1. The molecular weight excluding hydrogens is 404 g/mol. The number of nitrogens with zero attached hydrogens (tertiary/aromatic N) is 3. The van der Waals surface area contributed by atoms with Gasteiger partial charge in [-0.2, -0.15) is 0 Å². The van der Waals surface area contributed by atoms with Crippen LogP contribution in [0, 0.1) is 5.92 Å². The summed E-state index contributed by atoms with van der Waals surface area (Å²) < 4.78 is 13.1. The van der Waals surface area contributed by atoms with Crippen molar-refractivity contribution in [2.45, 2.75) is 39.8 Å². The average molecular weight is 437 g/mol. The first-order valence-corrected chi connectivity index (χ1v) is 11.3. The van der Waals surface area contributed by atoms with Crippen LogP contribution in [-0.4, -0.2) is 47.2 Å². The van der Waals surface area contributed by atoms with Crippen LogP contribution in [0.2, 0.25) is 0 Å². The molecule has 0 aliphatic carbocycles. The van der Waals surface area contributed by atoms with Gasteiger partial charge in [-0.15, -0.1) is 0 Å². The number of benzene rings is 2. The number of aryl methyl sites for hydroxylation is 1. The lowest BCUT2D eigenvalue weighted by Crippen LogP contribution is -2.33. The highest BCUT2D eigenvalue weighted by atomic mass is 16.5. The third-order valence-corrected chi connectivity index (χ3v) is 6.10. The van der Waals surface area contributed by atoms with Crippen molar-refractivity contribution < 1.29 is 14.3 Å². The molecule has 0 atom stereocenters. The number of carbonyl (C=O) groups is 1. The van der Waals surface area contributed by atoms with E-state index in [4.69, 9.17) is 14.5 Å². The molecule has 7 heteroatoms. The van der Waals surface area contributed by atoms with Crippen LogP contribution >= 0.6 is 0 Å². The Hall–Kier alpha value is -3.06. The Morgan fingerprint density at radius 3 is 2.62 bits per heavy atom. The van der Waals surface area contributed by atoms with E-state index in [1.54, 1.807) is 19.2 Å². The molecule has 1 aliphatic heterocycles. The number of aromatic nitrogens is 2. The van der Waals surface area contributed by atoms with Gasteiger partial charge in [0.1, 0.15) is 5.82 Å². The molecule has 0 unspecified atom stereocenters. The van der Waals surface area contributed by atoms with Crippen LogP contribution in [0.1, 0.15) is 32.5 Å². The highest BCUT2D eigenvalue weighted by Gasteiger charge is 2.19. The van der Waals surface area contributed by atoms with Crippen molar-refractivity contribution in [3.63, 3.8) is 0 Å². The second-order valence-electron chi connectivity index (χ2n) is 8.42. The number of carbonyl (C=O) groups excluding carboxylic acids is 1. The number of imidazole rings is 1. The first-order valence-electron chi connectivity index (χ1n) is 11.3. The third kappa shape index (κ3) is 5.05. The van der Waals surface area contributed by atoms with Crippen LogP contribution in [0.4, 0.5) is 5.69 Å². The van der Waals surface area contributed by atoms with Gasteiger partial charge in [0.05, 0.1) is 24.7 Å². The fourth-order valence-corrected chi connectivity index (χ4v) is 4.23. The molecule has 1 aliphatic rings. The number of fused-ring (bicyclic) bond motifs is 1. The number of hydrogen-bond acceptors (Lipinski definition) is 5. The molecular formula is C25H32N4O3. The van der Waals surface area contributed by atoms with Gasteiger partial charge in [0.15, 0.2) is 18.1 Å². The van der Waals surface area contributed by atoms with E-state index in [9.17, 15) is 4.79 Å². The maximum absolute atomic E-state index is 12.4. The maximum atomic E-state index is 12.4. The fraction of sp³-hybridized carbons (Fsp3) is 0.440. The topological polar surface area (TPSA) is 68.6 Å². The van der Waals surface area contributed by atoms with Crippen LogP contribution in [0.5, 0.6) is 11.5 Å². The predicted molar refractivity (Wildman–Crippen MR) is 126 cm³/mol. The molecule has 32 heavy (non-hydrogen) atoms. The van der Waals surface area contributed by atoms with Gasteiger partial charge in [0.2, 0.25) is 0 Å². The molecule has 1 N–H and O–H groups in total. The number of hydrogen-bond donors (Lipinski definition) is 1. The van der Waals surface area contributed by atoms with E-state index in [1.807, 2.05) is 30.3 Å². The molecule has 0 saturated carbocycles. The highest BCUT2D eigenvalue weighted by molar-refractivity contribution is 5.94. The van der Waals surface area contributed by atoms with E-state index >= 15 is 0 Å². The van der Waals surface area contributed by atoms with Crippen LogP contribution in [-0.2, 0) is 17.9 Å². The van der Waals surface area contributed by atoms with Crippen molar-refractivity contribution >= 4 is 22.6 Å². The Morgan fingerprint density at radius 1 is 1.16 bits per heavy atom. The van der Waals surface area contributed by atoms with E-state index in [-0.39, 0.29) is 12.5 Å². The van der Waals surface area contributed by atoms with E-state index in [0.717, 1.165) is 49.0 Å². The van der Waals surface area contributed by atoms with Crippen molar-refractivity contribution in [1.82, 2.24) is 14.5 Å². The summed E-state index contributed by atoms with van der Waals surface area (Å²) >= 11 is 0. The minimum Gasteiger partial charge on any atom is -0.493 e. The SMILES string of the molecule is CCn1c(CN2CCC(C)CC2)nc2cc(NC(=O)COc3ccccc3OC)ccc21. The fourth-order valence-electron chi connectivity index (χ4n) is 4.23. The summed E-state index contributed by atoms with van der Waals surface area (Å²) in [5.41, 5.74) is 2.71. The lowest BCUT2D eigenvalue weighted by atomic mass is 9.99. The molecule has 3 aromatic rings. The summed E-state index contributed by atoms with van der Waals surface area (Å²) in [6.07, 6.45) is 2.50. The van der Waals surface area contributed by atoms with Gasteiger partial charge in [0.25, 0.3) is 5.91 Å². The van der Waals surface area contributed by atoms with Crippen LogP contribution in [0.15, 0.2) is 42.5 Å². The Labute approximate surface area is 189 Å². The molecule has 1 saturated heterocycles. The molecule has 2 heterocycles. The highest BCUT2D eigenvalue weighted by Crippen LogP contribution is 2.26. The standard InChI is InChI=1S/C25H32N4O3/c1-4-29-21-10-9-19(26-25(30)17-32-23-8-6-5-7-22(23)31-3)15-20(21)27-24(29)16-28-13-11-18(2)12-14-28/h5-10,15,18H,4,11-14,16-17H2,1-3H3,(H,26,30). The van der Waals surface area contributed by atoms with Crippen molar-refractivity contribution in [3.05, 3.63) is 48.3 Å². The second kappa shape index (κ2) is 10.0. The van der Waals surface area contributed by atoms with Gasteiger partial charge >= 0.3 is 0 Å². The summed E-state index contributed by atoms with van der Waals surface area (Å²) in [6.45, 7) is 8.37. The molecule has 1 fully saturated rings. The zero-order valence-electron chi connectivity index (χ0n) is 19.1. The first kappa shape index (κ1) is 22.1.